The summed E-state index contributed by atoms with van der Waals surface area (Å²) in [5.41, 5.74) is 0.363. The van der Waals surface area contributed by atoms with Crippen molar-refractivity contribution in [3.05, 3.63) is 11.6 Å². The Bertz CT molecular complexity index is 357. The summed E-state index contributed by atoms with van der Waals surface area (Å²) in [4.78, 5) is 0. The van der Waals surface area contributed by atoms with Crippen LogP contribution in [0.4, 0.5) is 0 Å². The summed E-state index contributed by atoms with van der Waals surface area (Å²) in [7, 11) is 1.98. The van der Waals surface area contributed by atoms with E-state index in [4.69, 9.17) is 5.11 Å². The molecule has 0 aromatic carbocycles. The smallest absolute Gasteiger partial charge is 0.146 e. The number of nitrogens with zero attached hydrogens (tertiary/aromatic N) is 3. The Kier molecular flexibility index (Phi) is 3.25. The molecule has 5 nitrogen and oxygen atoms in total. The van der Waals surface area contributed by atoms with Gasteiger partial charge in [-0.1, -0.05) is 0 Å². The van der Waals surface area contributed by atoms with Crippen molar-refractivity contribution in [1.82, 2.24) is 20.1 Å². The highest BCUT2D eigenvalue weighted by atomic mass is 16.3. The van der Waals surface area contributed by atoms with Crippen LogP contribution in [0, 0.1) is 12.3 Å². The lowest BCUT2D eigenvalue weighted by Gasteiger charge is -2.14. The molecule has 0 radical (unpaired) electrons. The molecule has 90 valence electrons. The normalized spacial score (nSPS) is 17.7. The van der Waals surface area contributed by atoms with E-state index < -0.39 is 0 Å². The lowest BCUT2D eigenvalue weighted by Crippen LogP contribution is -2.25. The maximum absolute atomic E-state index is 8.95. The third-order valence-corrected chi connectivity index (χ3v) is 3.57. The molecule has 0 aliphatic heterocycles. The average molecular weight is 224 g/mol. The van der Waals surface area contributed by atoms with E-state index in [2.05, 4.69) is 15.5 Å². The minimum Gasteiger partial charge on any atom is -0.396 e. The molecule has 2 rings (SSSR count). The first-order chi connectivity index (χ1) is 7.67. The number of rotatable bonds is 6. The van der Waals surface area contributed by atoms with Crippen molar-refractivity contribution in [2.24, 2.45) is 12.5 Å². The Morgan fingerprint density at radius 3 is 2.69 bits per heavy atom. The second kappa shape index (κ2) is 4.51. The van der Waals surface area contributed by atoms with E-state index in [1.807, 2.05) is 18.5 Å². The van der Waals surface area contributed by atoms with Crippen LogP contribution in [0.25, 0.3) is 0 Å². The summed E-state index contributed by atoms with van der Waals surface area (Å²) in [5, 5.41) is 20.5. The van der Waals surface area contributed by atoms with Crippen LogP contribution in [0.2, 0.25) is 0 Å². The fourth-order valence-corrected chi connectivity index (χ4v) is 1.97. The highest BCUT2D eigenvalue weighted by Gasteiger charge is 2.41. The van der Waals surface area contributed by atoms with Gasteiger partial charge in [-0.25, -0.2) is 0 Å². The van der Waals surface area contributed by atoms with E-state index in [0.717, 1.165) is 31.2 Å². The number of aryl methyl sites for hydroxylation is 1. The third-order valence-electron chi connectivity index (χ3n) is 3.57. The zero-order valence-corrected chi connectivity index (χ0v) is 10.0. The zero-order valence-electron chi connectivity index (χ0n) is 10.0. The van der Waals surface area contributed by atoms with Gasteiger partial charge in [-0.05, 0) is 31.6 Å². The molecule has 0 spiro atoms. The van der Waals surface area contributed by atoms with Crippen LogP contribution < -0.4 is 5.32 Å². The van der Waals surface area contributed by atoms with Crippen molar-refractivity contribution >= 4 is 0 Å². The molecule has 16 heavy (non-hydrogen) atoms. The quantitative estimate of drug-likeness (QED) is 0.733. The Balaban J connectivity index is 1.78. The predicted octanol–water partition coefficient (Wildman–Crippen LogP) is 0.376. The van der Waals surface area contributed by atoms with E-state index in [-0.39, 0.29) is 0 Å². The minimum absolute atomic E-state index is 0.296. The van der Waals surface area contributed by atoms with E-state index in [1.165, 1.54) is 12.8 Å². The van der Waals surface area contributed by atoms with Gasteiger partial charge in [0.1, 0.15) is 11.6 Å². The average Bonchev–Trinajstić information content (AvgIpc) is 2.95. The molecule has 1 saturated carbocycles. The maximum Gasteiger partial charge on any atom is 0.146 e. The number of hydrogen-bond acceptors (Lipinski definition) is 4. The van der Waals surface area contributed by atoms with E-state index in [1.54, 1.807) is 0 Å². The van der Waals surface area contributed by atoms with Crippen molar-refractivity contribution in [3.8, 4) is 0 Å². The molecule has 5 heteroatoms. The summed E-state index contributed by atoms with van der Waals surface area (Å²) < 4.78 is 2.00. The molecule has 0 unspecified atom stereocenters. The van der Waals surface area contributed by atoms with Crippen LogP contribution in [0.1, 0.15) is 30.9 Å². The highest BCUT2D eigenvalue weighted by Crippen LogP contribution is 2.47. The standard InChI is InChI=1S/C11H20N4O/c1-9-13-14-10(15(9)2)7-12-8-11(3-4-11)5-6-16/h12,16H,3-8H2,1-2H3. The highest BCUT2D eigenvalue weighted by molar-refractivity contribution is 4.96. The van der Waals surface area contributed by atoms with Crippen molar-refractivity contribution < 1.29 is 5.11 Å². The summed E-state index contributed by atoms with van der Waals surface area (Å²) in [5.74, 6) is 1.91. The molecule has 0 amide bonds. The largest absolute Gasteiger partial charge is 0.396 e. The SMILES string of the molecule is Cc1nnc(CNCC2(CCO)CC2)n1C. The van der Waals surface area contributed by atoms with E-state index in [0.29, 0.717) is 12.0 Å². The lowest BCUT2D eigenvalue weighted by molar-refractivity contribution is 0.245. The molecule has 1 aromatic rings. The van der Waals surface area contributed by atoms with Gasteiger partial charge in [0.05, 0.1) is 6.54 Å². The summed E-state index contributed by atoms with van der Waals surface area (Å²) >= 11 is 0. The Hall–Kier alpha value is -0.940. The van der Waals surface area contributed by atoms with Gasteiger partial charge < -0.3 is 15.0 Å². The number of aliphatic hydroxyl groups is 1. The molecule has 1 heterocycles. The van der Waals surface area contributed by atoms with Gasteiger partial charge in [-0.3, -0.25) is 0 Å². The van der Waals surface area contributed by atoms with Crippen LogP contribution in [0.15, 0.2) is 0 Å². The Morgan fingerprint density at radius 2 is 2.19 bits per heavy atom. The second-order valence-electron chi connectivity index (χ2n) is 4.80. The fraction of sp³-hybridized carbons (Fsp3) is 0.818. The molecule has 1 aromatic heterocycles. The van der Waals surface area contributed by atoms with Gasteiger partial charge in [0, 0.05) is 20.2 Å². The van der Waals surface area contributed by atoms with Crippen LogP contribution in [-0.2, 0) is 13.6 Å². The number of aromatic nitrogens is 3. The van der Waals surface area contributed by atoms with Crippen molar-refractivity contribution in [2.45, 2.75) is 32.7 Å². The van der Waals surface area contributed by atoms with Crippen molar-refractivity contribution in [1.29, 1.82) is 0 Å². The van der Waals surface area contributed by atoms with Gasteiger partial charge in [-0.15, -0.1) is 10.2 Å². The Morgan fingerprint density at radius 1 is 1.44 bits per heavy atom. The summed E-state index contributed by atoms with van der Waals surface area (Å²) in [6.45, 7) is 3.97. The zero-order chi connectivity index (χ0) is 11.6. The van der Waals surface area contributed by atoms with Gasteiger partial charge in [-0.2, -0.15) is 0 Å². The monoisotopic (exact) mass is 224 g/mol. The number of nitrogens with one attached hydrogen (secondary N) is 1. The first-order valence-corrected chi connectivity index (χ1v) is 5.83. The maximum atomic E-state index is 8.95. The number of hydrogen-bond donors (Lipinski definition) is 2. The molecule has 1 aliphatic carbocycles. The molecule has 2 N–H and O–H groups in total. The lowest BCUT2D eigenvalue weighted by atomic mass is 10.0. The van der Waals surface area contributed by atoms with E-state index >= 15 is 0 Å². The third kappa shape index (κ3) is 2.41. The Labute approximate surface area is 95.9 Å². The van der Waals surface area contributed by atoms with Gasteiger partial charge in [0.25, 0.3) is 0 Å². The van der Waals surface area contributed by atoms with Crippen LogP contribution in [-0.4, -0.2) is 33.0 Å². The van der Waals surface area contributed by atoms with Crippen LogP contribution in [0.3, 0.4) is 0 Å². The van der Waals surface area contributed by atoms with Crippen molar-refractivity contribution in [2.75, 3.05) is 13.2 Å². The second-order valence-corrected chi connectivity index (χ2v) is 4.80. The molecule has 1 fully saturated rings. The van der Waals surface area contributed by atoms with Crippen molar-refractivity contribution in [3.63, 3.8) is 0 Å². The van der Waals surface area contributed by atoms with Crippen LogP contribution >= 0.6 is 0 Å². The first kappa shape index (κ1) is 11.5. The van der Waals surface area contributed by atoms with Gasteiger partial charge in [0.2, 0.25) is 0 Å². The molecule has 0 atom stereocenters. The molecule has 0 bridgehead atoms. The summed E-state index contributed by atoms with van der Waals surface area (Å²) in [6.07, 6.45) is 3.38. The van der Waals surface area contributed by atoms with Crippen LogP contribution in [0.5, 0.6) is 0 Å². The minimum atomic E-state index is 0.296. The molecule has 0 saturated heterocycles. The molecular formula is C11H20N4O. The number of aliphatic hydroxyl groups excluding tert-OH is 1. The van der Waals surface area contributed by atoms with Gasteiger partial charge in [0.15, 0.2) is 0 Å². The fourth-order valence-electron chi connectivity index (χ4n) is 1.97. The topological polar surface area (TPSA) is 63.0 Å². The molecule has 1 aliphatic rings. The van der Waals surface area contributed by atoms with E-state index in [9.17, 15) is 0 Å². The predicted molar refractivity (Wildman–Crippen MR) is 60.8 cm³/mol. The first-order valence-electron chi connectivity index (χ1n) is 5.83. The molecular weight excluding hydrogens is 204 g/mol. The summed E-state index contributed by atoms with van der Waals surface area (Å²) in [6, 6.07) is 0. The van der Waals surface area contributed by atoms with Gasteiger partial charge >= 0.3 is 0 Å².